The Hall–Kier alpha value is -1.29. The first-order valence-corrected chi connectivity index (χ1v) is 6.50. The first-order chi connectivity index (χ1) is 7.84. The van der Waals surface area contributed by atoms with Gasteiger partial charge >= 0.3 is 0 Å². The Morgan fingerprint density at radius 3 is 3.00 bits per heavy atom. The van der Waals surface area contributed by atoms with Crippen LogP contribution in [0.4, 0.5) is 5.82 Å². The smallest absolute Gasteiger partial charge is 0.175 e. The lowest BCUT2D eigenvalue weighted by Crippen LogP contribution is -2.13. The number of thiophene rings is 1. The molecule has 16 heavy (non-hydrogen) atoms. The predicted molar refractivity (Wildman–Crippen MR) is 65.3 cm³/mol. The molecule has 1 aliphatic rings. The highest BCUT2D eigenvalue weighted by atomic mass is 32.1. The van der Waals surface area contributed by atoms with E-state index >= 15 is 0 Å². The Bertz CT molecular complexity index is 471. The summed E-state index contributed by atoms with van der Waals surface area (Å²) in [5.41, 5.74) is 6.89. The maximum Gasteiger partial charge on any atom is 0.175 e. The van der Waals surface area contributed by atoms with Gasteiger partial charge in [0.25, 0.3) is 0 Å². The van der Waals surface area contributed by atoms with Gasteiger partial charge in [0.15, 0.2) is 5.82 Å². The summed E-state index contributed by atoms with van der Waals surface area (Å²) in [5, 5.41) is 5.94. The third-order valence-corrected chi connectivity index (χ3v) is 4.14. The van der Waals surface area contributed by atoms with Crippen LogP contribution < -0.4 is 5.73 Å². The third kappa shape index (κ3) is 1.63. The minimum Gasteiger partial charge on any atom is -0.380 e. The molecule has 2 heterocycles. The number of rotatable bonds is 3. The van der Waals surface area contributed by atoms with Crippen LogP contribution in [-0.4, -0.2) is 5.16 Å². The molecule has 0 saturated heterocycles. The zero-order valence-corrected chi connectivity index (χ0v) is 9.80. The molecule has 2 aromatic rings. The lowest BCUT2D eigenvalue weighted by atomic mass is 9.82. The van der Waals surface area contributed by atoms with Gasteiger partial charge in [0.1, 0.15) is 5.76 Å². The fraction of sp³-hybridized carbons (Fsp3) is 0.417. The summed E-state index contributed by atoms with van der Waals surface area (Å²) < 4.78 is 5.36. The molecule has 0 aromatic carbocycles. The van der Waals surface area contributed by atoms with Crippen LogP contribution in [0.5, 0.6) is 0 Å². The molecule has 2 aromatic heterocycles. The average molecular weight is 234 g/mol. The van der Waals surface area contributed by atoms with Crippen LogP contribution in [0.15, 0.2) is 22.0 Å². The summed E-state index contributed by atoms with van der Waals surface area (Å²) in [4.78, 5) is 1.16. The molecule has 1 fully saturated rings. The molecular weight excluding hydrogens is 220 g/mol. The third-order valence-electron chi connectivity index (χ3n) is 3.26. The van der Waals surface area contributed by atoms with Crippen molar-refractivity contribution in [1.82, 2.24) is 5.16 Å². The molecule has 2 N–H and O–H groups in total. The summed E-state index contributed by atoms with van der Waals surface area (Å²) in [7, 11) is 0. The predicted octanol–water partition coefficient (Wildman–Crippen LogP) is 3.33. The highest BCUT2D eigenvalue weighted by Gasteiger charge is 2.24. The molecular formula is C12H14N2OS. The summed E-state index contributed by atoms with van der Waals surface area (Å²) in [5.74, 6) is 2.26. The van der Waals surface area contributed by atoms with E-state index in [1.165, 1.54) is 19.3 Å². The molecule has 0 aliphatic heterocycles. The van der Waals surface area contributed by atoms with E-state index in [1.807, 2.05) is 6.07 Å². The van der Waals surface area contributed by atoms with E-state index in [0.717, 1.165) is 28.5 Å². The topological polar surface area (TPSA) is 52.0 Å². The van der Waals surface area contributed by atoms with Crippen molar-refractivity contribution in [2.75, 3.05) is 5.73 Å². The van der Waals surface area contributed by atoms with Crippen molar-refractivity contribution >= 4 is 17.2 Å². The largest absolute Gasteiger partial charge is 0.380 e. The van der Waals surface area contributed by atoms with E-state index in [9.17, 15) is 0 Å². The van der Waals surface area contributed by atoms with Crippen LogP contribution in [0.2, 0.25) is 0 Å². The number of nitrogen functional groups attached to an aromatic ring is 1. The Labute approximate surface area is 98.3 Å². The van der Waals surface area contributed by atoms with Crippen molar-refractivity contribution in [3.63, 3.8) is 0 Å². The minimum atomic E-state index is 0.525. The molecule has 0 atom stereocenters. The first kappa shape index (κ1) is 9.90. The second kappa shape index (κ2) is 3.94. The van der Waals surface area contributed by atoms with E-state index in [2.05, 4.69) is 16.6 Å². The standard InChI is InChI=1S/C12H14N2OS/c13-12-11(10-5-2-6-16-10)9(15-14-12)7-8-3-1-4-8/h2,5-6,8H,1,3-4,7H2,(H2,13,14). The second-order valence-electron chi connectivity index (χ2n) is 4.34. The summed E-state index contributed by atoms with van der Waals surface area (Å²) in [6.07, 6.45) is 4.95. The van der Waals surface area contributed by atoms with Crippen molar-refractivity contribution < 1.29 is 4.52 Å². The fourth-order valence-electron chi connectivity index (χ4n) is 2.12. The van der Waals surface area contributed by atoms with Crippen molar-refractivity contribution in [2.45, 2.75) is 25.7 Å². The number of nitrogens with two attached hydrogens (primary N) is 1. The van der Waals surface area contributed by atoms with Crippen LogP contribution in [0.3, 0.4) is 0 Å². The highest BCUT2D eigenvalue weighted by molar-refractivity contribution is 7.13. The number of nitrogens with zero attached hydrogens (tertiary/aromatic N) is 1. The SMILES string of the molecule is Nc1noc(CC2CCC2)c1-c1cccs1. The van der Waals surface area contributed by atoms with Gasteiger partial charge in [-0.05, 0) is 17.4 Å². The maximum atomic E-state index is 5.87. The van der Waals surface area contributed by atoms with E-state index < -0.39 is 0 Å². The van der Waals surface area contributed by atoms with Crippen molar-refractivity contribution in [1.29, 1.82) is 0 Å². The van der Waals surface area contributed by atoms with E-state index in [1.54, 1.807) is 11.3 Å². The molecule has 3 rings (SSSR count). The lowest BCUT2D eigenvalue weighted by molar-refractivity contribution is 0.279. The summed E-state index contributed by atoms with van der Waals surface area (Å²) >= 11 is 1.68. The van der Waals surface area contributed by atoms with Gasteiger partial charge in [-0.3, -0.25) is 0 Å². The molecule has 4 heteroatoms. The number of hydrogen-bond acceptors (Lipinski definition) is 4. The second-order valence-corrected chi connectivity index (χ2v) is 5.29. The van der Waals surface area contributed by atoms with Crippen molar-refractivity contribution in [3.05, 3.63) is 23.3 Å². The molecule has 0 unspecified atom stereocenters. The molecule has 0 spiro atoms. The van der Waals surface area contributed by atoms with Gasteiger partial charge in [-0.15, -0.1) is 11.3 Å². The Morgan fingerprint density at radius 2 is 2.38 bits per heavy atom. The van der Waals surface area contributed by atoms with Crippen molar-refractivity contribution in [3.8, 4) is 10.4 Å². The Morgan fingerprint density at radius 1 is 1.50 bits per heavy atom. The minimum absolute atomic E-state index is 0.525. The molecule has 3 nitrogen and oxygen atoms in total. The Kier molecular flexibility index (Phi) is 2.44. The van der Waals surface area contributed by atoms with E-state index in [4.69, 9.17) is 10.3 Å². The van der Waals surface area contributed by atoms with Gasteiger partial charge in [-0.25, -0.2) is 0 Å². The van der Waals surface area contributed by atoms with Gasteiger partial charge < -0.3 is 10.3 Å². The van der Waals surface area contributed by atoms with Crippen LogP contribution >= 0.6 is 11.3 Å². The van der Waals surface area contributed by atoms with Gasteiger partial charge in [0.2, 0.25) is 0 Å². The maximum absolute atomic E-state index is 5.87. The number of aromatic nitrogens is 1. The lowest BCUT2D eigenvalue weighted by Gasteiger charge is -2.24. The average Bonchev–Trinajstić information content (AvgIpc) is 2.80. The zero-order chi connectivity index (χ0) is 11.0. The number of anilines is 1. The molecule has 0 amide bonds. The molecule has 0 bridgehead atoms. The fourth-order valence-corrected chi connectivity index (χ4v) is 2.92. The first-order valence-electron chi connectivity index (χ1n) is 5.62. The molecule has 1 aliphatic carbocycles. The Balaban J connectivity index is 1.92. The molecule has 1 saturated carbocycles. The van der Waals surface area contributed by atoms with Crippen LogP contribution in [0.25, 0.3) is 10.4 Å². The molecule has 84 valence electrons. The molecule has 0 radical (unpaired) electrons. The van der Waals surface area contributed by atoms with Gasteiger partial charge in [-0.2, -0.15) is 0 Å². The van der Waals surface area contributed by atoms with Gasteiger partial charge in [0, 0.05) is 11.3 Å². The monoisotopic (exact) mass is 234 g/mol. The summed E-state index contributed by atoms with van der Waals surface area (Å²) in [6.45, 7) is 0. The highest BCUT2D eigenvalue weighted by Crippen LogP contribution is 2.37. The zero-order valence-electron chi connectivity index (χ0n) is 8.98. The normalized spacial score (nSPS) is 16.2. The van der Waals surface area contributed by atoms with Crippen LogP contribution in [-0.2, 0) is 6.42 Å². The van der Waals surface area contributed by atoms with Gasteiger partial charge in [-0.1, -0.05) is 30.5 Å². The van der Waals surface area contributed by atoms with Crippen molar-refractivity contribution in [2.24, 2.45) is 5.92 Å². The van der Waals surface area contributed by atoms with E-state index in [-0.39, 0.29) is 0 Å². The van der Waals surface area contributed by atoms with E-state index in [0.29, 0.717) is 5.82 Å². The van der Waals surface area contributed by atoms with Crippen LogP contribution in [0, 0.1) is 5.92 Å². The number of hydrogen-bond donors (Lipinski definition) is 1. The quantitative estimate of drug-likeness (QED) is 0.886. The van der Waals surface area contributed by atoms with Crippen LogP contribution in [0.1, 0.15) is 25.0 Å². The van der Waals surface area contributed by atoms with Gasteiger partial charge in [0.05, 0.1) is 5.56 Å². The summed E-state index contributed by atoms with van der Waals surface area (Å²) in [6, 6.07) is 4.09.